The molecule has 0 aromatic heterocycles. The number of nitrogens with zero attached hydrogens (tertiary/aromatic N) is 3. The minimum absolute atomic E-state index is 0.00384. The molecule has 7 nitrogen and oxygen atoms in total. The van der Waals surface area contributed by atoms with Gasteiger partial charge in [0.2, 0.25) is 15.9 Å². The summed E-state index contributed by atoms with van der Waals surface area (Å²) in [5, 5.41) is 2.87. The number of benzene rings is 2. The molecule has 0 bridgehead atoms. The molecule has 0 unspecified atom stereocenters. The van der Waals surface area contributed by atoms with Gasteiger partial charge in [0, 0.05) is 51.4 Å². The van der Waals surface area contributed by atoms with Crippen molar-refractivity contribution in [2.75, 3.05) is 55.2 Å². The molecule has 0 atom stereocenters. The van der Waals surface area contributed by atoms with Gasteiger partial charge in [-0.05, 0) is 43.3 Å². The van der Waals surface area contributed by atoms with Gasteiger partial charge in [-0.15, -0.1) is 0 Å². The second-order valence-corrected chi connectivity index (χ2v) is 10.0. The first-order chi connectivity index (χ1) is 15.2. The summed E-state index contributed by atoms with van der Waals surface area (Å²) in [5.74, 6) is -0.780. The van der Waals surface area contributed by atoms with Gasteiger partial charge >= 0.3 is 0 Å². The number of rotatable bonds is 9. The van der Waals surface area contributed by atoms with Gasteiger partial charge in [0.1, 0.15) is 5.82 Å². The lowest BCUT2D eigenvalue weighted by molar-refractivity contribution is -0.121. The molecule has 0 spiro atoms. The van der Waals surface area contributed by atoms with E-state index < -0.39 is 15.8 Å². The van der Waals surface area contributed by atoms with Crippen LogP contribution in [0.25, 0.3) is 0 Å². The van der Waals surface area contributed by atoms with E-state index in [9.17, 15) is 17.6 Å². The molecular weight excluding hydrogens is 431 g/mol. The third kappa shape index (κ3) is 6.67. The second-order valence-electron chi connectivity index (χ2n) is 8.12. The van der Waals surface area contributed by atoms with Gasteiger partial charge in [0.15, 0.2) is 0 Å². The zero-order valence-corrected chi connectivity index (χ0v) is 19.4. The molecule has 0 aliphatic carbocycles. The molecule has 1 amide bonds. The summed E-state index contributed by atoms with van der Waals surface area (Å²) in [6.45, 7) is 4.54. The Morgan fingerprint density at radius 1 is 1.06 bits per heavy atom. The Hall–Kier alpha value is -2.65. The maximum Gasteiger partial charge on any atom is 0.232 e. The first-order valence-corrected chi connectivity index (χ1v) is 12.6. The molecule has 0 radical (unpaired) electrons. The van der Waals surface area contributed by atoms with Crippen LogP contribution in [0.15, 0.2) is 48.5 Å². The largest absolute Gasteiger partial charge is 0.369 e. The molecule has 0 saturated carbocycles. The number of hydrogen-bond acceptors (Lipinski definition) is 5. The highest BCUT2D eigenvalue weighted by atomic mass is 32.2. The van der Waals surface area contributed by atoms with Gasteiger partial charge in [0.25, 0.3) is 0 Å². The number of hydrogen-bond donors (Lipinski definition) is 1. The molecule has 1 N–H and O–H groups in total. The van der Waals surface area contributed by atoms with Gasteiger partial charge in [-0.25, -0.2) is 12.8 Å². The Morgan fingerprint density at radius 3 is 2.34 bits per heavy atom. The quantitative estimate of drug-likeness (QED) is 0.620. The number of piperazine rings is 1. The van der Waals surface area contributed by atoms with Gasteiger partial charge in [-0.1, -0.05) is 24.3 Å². The summed E-state index contributed by atoms with van der Waals surface area (Å²) in [6.07, 6.45) is 1.47. The third-order valence-electron chi connectivity index (χ3n) is 5.58. The first-order valence-electron chi connectivity index (χ1n) is 10.8. The Morgan fingerprint density at radius 2 is 1.72 bits per heavy atom. The van der Waals surface area contributed by atoms with Gasteiger partial charge in [-0.2, -0.15) is 0 Å². The van der Waals surface area contributed by atoms with E-state index in [1.165, 1.54) is 23.9 Å². The van der Waals surface area contributed by atoms with Crippen LogP contribution in [0.2, 0.25) is 0 Å². The average molecular weight is 463 g/mol. The molecule has 2 aromatic rings. The monoisotopic (exact) mass is 462 g/mol. The van der Waals surface area contributed by atoms with Crippen LogP contribution >= 0.6 is 0 Å². The van der Waals surface area contributed by atoms with Crippen molar-refractivity contribution < 1.29 is 17.6 Å². The number of carbonyl (C=O) groups is 1. The topological polar surface area (TPSA) is 73.0 Å². The molecule has 1 fully saturated rings. The van der Waals surface area contributed by atoms with E-state index in [-0.39, 0.29) is 31.0 Å². The Labute approximate surface area is 189 Å². The summed E-state index contributed by atoms with van der Waals surface area (Å²) in [6, 6.07) is 13.9. The molecule has 32 heavy (non-hydrogen) atoms. The summed E-state index contributed by atoms with van der Waals surface area (Å²) in [5.41, 5.74) is 2.18. The van der Waals surface area contributed by atoms with E-state index in [0.29, 0.717) is 6.54 Å². The van der Waals surface area contributed by atoms with Crippen LogP contribution in [0.3, 0.4) is 0 Å². The van der Waals surface area contributed by atoms with Crippen molar-refractivity contribution in [3.05, 3.63) is 59.9 Å². The van der Waals surface area contributed by atoms with Crippen molar-refractivity contribution in [2.24, 2.45) is 0 Å². The van der Waals surface area contributed by atoms with E-state index in [2.05, 4.69) is 34.3 Å². The lowest BCUT2D eigenvalue weighted by Gasteiger charge is -2.34. The fraction of sp³-hybridized carbons (Fsp3) is 0.435. The van der Waals surface area contributed by atoms with Gasteiger partial charge < -0.3 is 15.1 Å². The fourth-order valence-corrected chi connectivity index (χ4v) is 4.65. The normalized spacial score (nSPS) is 14.9. The fourth-order valence-electron chi connectivity index (χ4n) is 3.68. The molecule has 174 valence electrons. The molecule has 1 heterocycles. The number of nitrogens with one attached hydrogen (secondary N) is 1. The Kier molecular flexibility index (Phi) is 8.09. The standard InChI is InChI=1S/C23H31FN4O3S/c1-26-14-16-27(17-15-26)20-11-9-19(10-12-20)18-25-23(29)8-5-13-28(32(2,30)31)22-7-4-3-6-21(22)24/h3-4,6-7,9-12H,5,8,13-18H2,1-2H3,(H,25,29). The molecule has 1 saturated heterocycles. The smallest absolute Gasteiger partial charge is 0.232 e. The summed E-state index contributed by atoms with van der Waals surface area (Å²) in [4.78, 5) is 16.9. The highest BCUT2D eigenvalue weighted by Crippen LogP contribution is 2.22. The highest BCUT2D eigenvalue weighted by Gasteiger charge is 2.20. The highest BCUT2D eigenvalue weighted by molar-refractivity contribution is 7.92. The van der Waals surface area contributed by atoms with E-state index >= 15 is 0 Å². The van der Waals surface area contributed by atoms with E-state index in [1.807, 2.05) is 12.1 Å². The van der Waals surface area contributed by atoms with Crippen molar-refractivity contribution in [3.8, 4) is 0 Å². The lowest BCUT2D eigenvalue weighted by Crippen LogP contribution is -2.44. The number of sulfonamides is 1. The number of likely N-dealkylation sites (N-methyl/N-ethyl adjacent to an activating group) is 1. The van der Waals surface area contributed by atoms with Gasteiger partial charge in [0.05, 0.1) is 11.9 Å². The van der Waals surface area contributed by atoms with Crippen molar-refractivity contribution in [1.82, 2.24) is 10.2 Å². The minimum Gasteiger partial charge on any atom is -0.369 e. The molecular formula is C23H31FN4O3S. The van der Waals surface area contributed by atoms with Crippen LogP contribution in [0.1, 0.15) is 18.4 Å². The molecule has 3 rings (SSSR count). The van der Waals surface area contributed by atoms with E-state index in [0.717, 1.165) is 42.3 Å². The predicted molar refractivity (Wildman–Crippen MR) is 126 cm³/mol. The van der Waals surface area contributed by atoms with Crippen molar-refractivity contribution in [2.45, 2.75) is 19.4 Å². The van der Waals surface area contributed by atoms with Crippen LogP contribution in [-0.4, -0.2) is 65.3 Å². The van der Waals surface area contributed by atoms with Crippen molar-refractivity contribution >= 4 is 27.3 Å². The SMILES string of the molecule is CN1CCN(c2ccc(CNC(=O)CCCN(c3ccccc3F)S(C)(=O)=O)cc2)CC1. The van der Waals surface area contributed by atoms with Crippen LogP contribution < -0.4 is 14.5 Å². The van der Waals surface area contributed by atoms with E-state index in [4.69, 9.17) is 0 Å². The number of anilines is 2. The van der Waals surface area contributed by atoms with Crippen LogP contribution in [-0.2, 0) is 21.4 Å². The average Bonchev–Trinajstić information content (AvgIpc) is 2.76. The second kappa shape index (κ2) is 10.8. The summed E-state index contributed by atoms with van der Waals surface area (Å²) < 4.78 is 39.2. The summed E-state index contributed by atoms with van der Waals surface area (Å²) in [7, 11) is -1.53. The number of halogens is 1. The maximum atomic E-state index is 14.0. The minimum atomic E-state index is -3.66. The number of amides is 1. The molecule has 1 aliphatic heterocycles. The van der Waals surface area contributed by atoms with Crippen LogP contribution in [0.5, 0.6) is 0 Å². The summed E-state index contributed by atoms with van der Waals surface area (Å²) >= 11 is 0. The van der Waals surface area contributed by atoms with E-state index in [1.54, 1.807) is 6.07 Å². The number of carbonyl (C=O) groups excluding carboxylic acids is 1. The lowest BCUT2D eigenvalue weighted by atomic mass is 10.1. The van der Waals surface area contributed by atoms with Gasteiger partial charge in [-0.3, -0.25) is 9.10 Å². The Bertz CT molecular complexity index is 1010. The molecule has 9 heteroatoms. The molecule has 1 aliphatic rings. The third-order valence-corrected chi connectivity index (χ3v) is 6.76. The Balaban J connectivity index is 1.46. The first kappa shape index (κ1) is 24.0. The zero-order valence-electron chi connectivity index (χ0n) is 18.6. The van der Waals surface area contributed by atoms with Crippen LogP contribution in [0.4, 0.5) is 15.8 Å². The van der Waals surface area contributed by atoms with Crippen LogP contribution in [0, 0.1) is 5.82 Å². The number of para-hydroxylation sites is 1. The maximum absolute atomic E-state index is 14.0. The predicted octanol–water partition coefficient (Wildman–Crippen LogP) is 2.44. The molecule has 2 aromatic carbocycles. The van der Waals surface area contributed by atoms with Crippen molar-refractivity contribution in [3.63, 3.8) is 0 Å². The zero-order chi connectivity index (χ0) is 23.1. The van der Waals surface area contributed by atoms with Crippen molar-refractivity contribution in [1.29, 1.82) is 0 Å².